The van der Waals surface area contributed by atoms with Crippen molar-refractivity contribution in [2.24, 2.45) is 5.92 Å². The minimum absolute atomic E-state index is 0.0383. The van der Waals surface area contributed by atoms with E-state index in [1.165, 1.54) is 0 Å². The van der Waals surface area contributed by atoms with E-state index in [0.717, 1.165) is 31.2 Å². The monoisotopic (exact) mass is 348 g/mol. The highest BCUT2D eigenvalue weighted by Crippen LogP contribution is 2.35. The first-order valence-corrected chi connectivity index (χ1v) is 9.31. The van der Waals surface area contributed by atoms with Crippen molar-refractivity contribution in [1.82, 2.24) is 0 Å². The van der Waals surface area contributed by atoms with Crippen LogP contribution in [0.5, 0.6) is 0 Å². The van der Waals surface area contributed by atoms with Gasteiger partial charge in [0.05, 0.1) is 25.6 Å². The van der Waals surface area contributed by atoms with Crippen molar-refractivity contribution in [1.29, 1.82) is 0 Å². The van der Waals surface area contributed by atoms with E-state index >= 15 is 0 Å². The molecule has 0 fully saturated rings. The average molecular weight is 348 g/mol. The molecule has 1 aromatic rings. The first-order valence-electron chi connectivity index (χ1n) is 9.31. The Labute approximate surface area is 151 Å². The molecule has 0 aliphatic rings. The number of hydrogen-bond donors (Lipinski definition) is 0. The van der Waals surface area contributed by atoms with E-state index in [0.29, 0.717) is 13.2 Å². The number of rotatable bonds is 11. The Morgan fingerprint density at radius 1 is 0.960 bits per heavy atom. The zero-order valence-corrected chi connectivity index (χ0v) is 16.0. The maximum atomic E-state index is 12.7. The van der Waals surface area contributed by atoms with Crippen LogP contribution in [0.1, 0.15) is 65.4 Å². The Morgan fingerprint density at radius 3 is 2.08 bits per heavy atom. The second kappa shape index (κ2) is 10.9. The minimum Gasteiger partial charge on any atom is -0.466 e. The summed E-state index contributed by atoms with van der Waals surface area (Å²) in [5.74, 6) is -1.23. The zero-order chi connectivity index (χ0) is 18.7. The summed E-state index contributed by atoms with van der Waals surface area (Å²) in [6.45, 7) is 8.84. The number of carbonyl (C=O) groups excluding carboxylic acids is 2. The van der Waals surface area contributed by atoms with Crippen LogP contribution in [0, 0.1) is 5.92 Å². The number of hydrogen-bond acceptors (Lipinski definition) is 4. The number of esters is 2. The van der Waals surface area contributed by atoms with Gasteiger partial charge in [0.1, 0.15) is 0 Å². The SMILES string of the molecule is CCCCOC(=O)CC(C(=O)OCCCC)C(C)(C)c1ccccc1. The van der Waals surface area contributed by atoms with Gasteiger partial charge in [0.15, 0.2) is 0 Å². The van der Waals surface area contributed by atoms with Gasteiger partial charge in [-0.05, 0) is 18.4 Å². The average Bonchev–Trinajstić information content (AvgIpc) is 2.60. The van der Waals surface area contributed by atoms with Crippen LogP contribution in [0.4, 0.5) is 0 Å². The van der Waals surface area contributed by atoms with Gasteiger partial charge in [0.25, 0.3) is 0 Å². The third-order valence-corrected chi connectivity index (χ3v) is 4.55. The third kappa shape index (κ3) is 6.89. The Bertz CT molecular complexity index is 522. The van der Waals surface area contributed by atoms with Gasteiger partial charge in [0, 0.05) is 5.41 Å². The van der Waals surface area contributed by atoms with Gasteiger partial charge in [-0.3, -0.25) is 9.59 Å². The fourth-order valence-corrected chi connectivity index (χ4v) is 2.68. The van der Waals surface area contributed by atoms with Gasteiger partial charge in [-0.2, -0.15) is 0 Å². The van der Waals surface area contributed by atoms with Crippen molar-refractivity contribution >= 4 is 11.9 Å². The molecule has 0 aliphatic heterocycles. The zero-order valence-electron chi connectivity index (χ0n) is 16.0. The van der Waals surface area contributed by atoms with E-state index in [4.69, 9.17) is 9.47 Å². The molecule has 0 spiro atoms. The molecule has 4 heteroatoms. The molecule has 25 heavy (non-hydrogen) atoms. The molecule has 1 atom stereocenters. The highest BCUT2D eigenvalue weighted by atomic mass is 16.5. The third-order valence-electron chi connectivity index (χ3n) is 4.55. The molecular weight excluding hydrogens is 316 g/mol. The van der Waals surface area contributed by atoms with Crippen LogP contribution in [0.3, 0.4) is 0 Å². The molecule has 0 saturated heterocycles. The lowest BCUT2D eigenvalue weighted by Gasteiger charge is -2.33. The van der Waals surface area contributed by atoms with E-state index in [-0.39, 0.29) is 18.4 Å². The maximum absolute atomic E-state index is 12.7. The number of unbranched alkanes of at least 4 members (excludes halogenated alkanes) is 2. The van der Waals surface area contributed by atoms with E-state index < -0.39 is 11.3 Å². The van der Waals surface area contributed by atoms with E-state index in [1.54, 1.807) is 0 Å². The van der Waals surface area contributed by atoms with Crippen molar-refractivity contribution in [2.45, 2.75) is 65.2 Å². The summed E-state index contributed by atoms with van der Waals surface area (Å²) in [7, 11) is 0. The quantitative estimate of drug-likeness (QED) is 0.431. The van der Waals surface area contributed by atoms with Crippen molar-refractivity contribution in [3.63, 3.8) is 0 Å². The topological polar surface area (TPSA) is 52.6 Å². The van der Waals surface area contributed by atoms with Gasteiger partial charge in [0.2, 0.25) is 0 Å². The Kier molecular flexibility index (Phi) is 9.25. The normalized spacial score (nSPS) is 12.5. The van der Waals surface area contributed by atoms with Crippen molar-refractivity contribution < 1.29 is 19.1 Å². The van der Waals surface area contributed by atoms with Crippen LogP contribution >= 0.6 is 0 Å². The van der Waals surface area contributed by atoms with Gasteiger partial charge in [-0.1, -0.05) is 70.9 Å². The molecule has 0 aliphatic carbocycles. The van der Waals surface area contributed by atoms with E-state index in [9.17, 15) is 9.59 Å². The summed E-state index contributed by atoms with van der Waals surface area (Å²) < 4.78 is 10.7. The number of carbonyl (C=O) groups is 2. The summed E-state index contributed by atoms with van der Waals surface area (Å²) >= 11 is 0. The fourth-order valence-electron chi connectivity index (χ4n) is 2.68. The second-order valence-corrected chi connectivity index (χ2v) is 6.94. The molecule has 1 aromatic carbocycles. The summed E-state index contributed by atoms with van der Waals surface area (Å²) in [4.78, 5) is 24.9. The molecule has 0 amide bonds. The molecule has 0 radical (unpaired) electrons. The molecule has 0 bridgehead atoms. The lowest BCUT2D eigenvalue weighted by atomic mass is 9.72. The summed E-state index contributed by atoms with van der Waals surface area (Å²) in [6.07, 6.45) is 3.62. The molecule has 140 valence electrons. The van der Waals surface area contributed by atoms with Crippen LogP contribution in [0.15, 0.2) is 30.3 Å². The standard InChI is InChI=1S/C21H32O4/c1-5-7-14-24-19(22)16-18(20(23)25-15-8-6-2)21(3,4)17-12-10-9-11-13-17/h9-13,18H,5-8,14-16H2,1-4H3. The predicted molar refractivity (Wildman–Crippen MR) is 99.3 cm³/mol. The lowest BCUT2D eigenvalue weighted by molar-refractivity contribution is -0.157. The smallest absolute Gasteiger partial charge is 0.310 e. The molecule has 0 heterocycles. The predicted octanol–water partition coefficient (Wildman–Crippen LogP) is 4.66. The van der Waals surface area contributed by atoms with Crippen molar-refractivity contribution in [3.8, 4) is 0 Å². The van der Waals surface area contributed by atoms with E-state index in [1.807, 2.05) is 58.0 Å². The first kappa shape index (κ1) is 21.2. The number of ether oxygens (including phenoxy) is 2. The van der Waals surface area contributed by atoms with Gasteiger partial charge in [-0.25, -0.2) is 0 Å². The van der Waals surface area contributed by atoms with Gasteiger partial charge >= 0.3 is 11.9 Å². The largest absolute Gasteiger partial charge is 0.466 e. The Balaban J connectivity index is 2.90. The summed E-state index contributed by atoms with van der Waals surface area (Å²) in [5, 5.41) is 0. The Hall–Kier alpha value is -1.84. The second-order valence-electron chi connectivity index (χ2n) is 6.94. The summed E-state index contributed by atoms with van der Waals surface area (Å²) in [6, 6.07) is 9.78. The highest BCUT2D eigenvalue weighted by Gasteiger charge is 2.39. The van der Waals surface area contributed by atoms with Crippen LogP contribution in [-0.4, -0.2) is 25.2 Å². The lowest BCUT2D eigenvalue weighted by Crippen LogP contribution is -2.38. The highest BCUT2D eigenvalue weighted by molar-refractivity contribution is 5.81. The van der Waals surface area contributed by atoms with E-state index in [2.05, 4.69) is 0 Å². The van der Waals surface area contributed by atoms with Gasteiger partial charge in [-0.15, -0.1) is 0 Å². The van der Waals surface area contributed by atoms with Gasteiger partial charge < -0.3 is 9.47 Å². The molecule has 1 unspecified atom stereocenters. The van der Waals surface area contributed by atoms with Crippen molar-refractivity contribution in [3.05, 3.63) is 35.9 Å². The molecule has 0 saturated carbocycles. The van der Waals surface area contributed by atoms with Crippen LogP contribution in [0.25, 0.3) is 0 Å². The number of benzene rings is 1. The maximum Gasteiger partial charge on any atom is 0.310 e. The van der Waals surface area contributed by atoms with Crippen LogP contribution < -0.4 is 0 Å². The van der Waals surface area contributed by atoms with Crippen LogP contribution in [-0.2, 0) is 24.5 Å². The minimum atomic E-state index is -0.569. The molecular formula is C21H32O4. The molecule has 4 nitrogen and oxygen atoms in total. The fraction of sp³-hybridized carbons (Fsp3) is 0.619. The Morgan fingerprint density at radius 2 is 1.52 bits per heavy atom. The van der Waals surface area contributed by atoms with Crippen molar-refractivity contribution in [2.75, 3.05) is 13.2 Å². The molecule has 0 aromatic heterocycles. The summed E-state index contributed by atoms with van der Waals surface area (Å²) in [5.41, 5.74) is 0.489. The van der Waals surface area contributed by atoms with Crippen LogP contribution in [0.2, 0.25) is 0 Å². The molecule has 0 N–H and O–H groups in total. The molecule has 1 rings (SSSR count). The first-order chi connectivity index (χ1) is 11.9.